The number of nitrogens with one attached hydrogen (secondary N) is 2. The average molecular weight is 453 g/mol. The molecular weight excluding hydrogens is 434 g/mol. The third kappa shape index (κ3) is 6.44. The Morgan fingerprint density at radius 3 is 2.69 bits per heavy atom. The van der Waals surface area contributed by atoms with Crippen LogP contribution in [0, 0.1) is 10.1 Å². The summed E-state index contributed by atoms with van der Waals surface area (Å²) in [5.74, 6) is -0.0273. The molecule has 0 unspecified atom stereocenters. The highest BCUT2D eigenvalue weighted by Gasteiger charge is 2.09. The fraction of sp³-hybridized carbons (Fsp3) is 0.143. The van der Waals surface area contributed by atoms with E-state index < -0.39 is 10.8 Å². The third-order valence-electron chi connectivity index (χ3n) is 4.18. The molecule has 0 bridgehead atoms. The predicted molar refractivity (Wildman–Crippen MR) is 120 cm³/mol. The fourth-order valence-electron chi connectivity index (χ4n) is 2.58. The number of benzene rings is 2. The van der Waals surface area contributed by atoms with Gasteiger partial charge in [0.2, 0.25) is 11.0 Å². The van der Waals surface area contributed by atoms with Crippen molar-refractivity contribution in [2.75, 3.05) is 19.0 Å². The summed E-state index contributed by atoms with van der Waals surface area (Å²) in [5, 5.41) is 25.0. The van der Waals surface area contributed by atoms with E-state index in [1.54, 1.807) is 36.4 Å². The van der Waals surface area contributed by atoms with Crippen LogP contribution in [0.5, 0.6) is 5.75 Å². The first-order valence-electron chi connectivity index (χ1n) is 9.43. The van der Waals surface area contributed by atoms with Crippen LogP contribution < -0.4 is 15.4 Å². The number of methoxy groups -OCH3 is 1. The number of anilines is 1. The number of hydrogen-bond donors (Lipinski definition) is 2. The van der Waals surface area contributed by atoms with E-state index in [-0.39, 0.29) is 11.6 Å². The van der Waals surface area contributed by atoms with Gasteiger partial charge >= 0.3 is 0 Å². The number of nitro benzene ring substituents is 1. The van der Waals surface area contributed by atoms with Crippen LogP contribution in [0.4, 0.5) is 10.8 Å². The molecule has 0 aliphatic heterocycles. The van der Waals surface area contributed by atoms with E-state index >= 15 is 0 Å². The molecule has 3 aromatic rings. The van der Waals surface area contributed by atoms with E-state index in [1.807, 2.05) is 0 Å². The van der Waals surface area contributed by atoms with Crippen molar-refractivity contribution in [1.82, 2.24) is 15.5 Å². The lowest BCUT2D eigenvalue weighted by atomic mass is 10.2. The minimum absolute atomic E-state index is 0.0207. The third-order valence-corrected chi connectivity index (χ3v) is 5.08. The number of ether oxygens (including phenoxy) is 1. The van der Waals surface area contributed by atoms with Gasteiger partial charge in [0.1, 0.15) is 10.8 Å². The first-order chi connectivity index (χ1) is 15.4. The van der Waals surface area contributed by atoms with Crippen LogP contribution in [0.1, 0.15) is 20.9 Å². The Balaban J connectivity index is 1.46. The minimum atomic E-state index is -0.489. The normalized spacial score (nSPS) is 10.7. The molecule has 2 N–H and O–H groups in total. The summed E-state index contributed by atoms with van der Waals surface area (Å²) in [6.45, 7) is 0.360. The van der Waals surface area contributed by atoms with Gasteiger partial charge in [0.05, 0.1) is 12.0 Å². The van der Waals surface area contributed by atoms with E-state index in [1.165, 1.54) is 42.7 Å². The summed E-state index contributed by atoms with van der Waals surface area (Å²) in [4.78, 5) is 34.4. The van der Waals surface area contributed by atoms with Crippen molar-refractivity contribution >= 4 is 40.0 Å². The molecule has 2 aromatic carbocycles. The molecule has 164 valence electrons. The highest BCUT2D eigenvalue weighted by molar-refractivity contribution is 7.15. The summed E-state index contributed by atoms with van der Waals surface area (Å²) >= 11 is 1.21. The SMILES string of the molecule is COc1cccc(C(=O)NCCc2nnc(NC(=O)/C=C/c3ccc([N+](=O)[O-])cc3)s2)c1. The van der Waals surface area contributed by atoms with Crippen LogP contribution in [-0.2, 0) is 11.2 Å². The van der Waals surface area contributed by atoms with E-state index in [0.717, 1.165) is 0 Å². The number of carbonyl (C=O) groups excluding carboxylic acids is 2. The van der Waals surface area contributed by atoms with Gasteiger partial charge in [0, 0.05) is 36.7 Å². The molecule has 2 amide bonds. The van der Waals surface area contributed by atoms with Crippen molar-refractivity contribution in [3.05, 3.63) is 80.9 Å². The van der Waals surface area contributed by atoms with E-state index in [0.29, 0.717) is 40.0 Å². The van der Waals surface area contributed by atoms with Gasteiger partial charge in [-0.15, -0.1) is 10.2 Å². The molecule has 0 atom stereocenters. The molecule has 0 spiro atoms. The van der Waals surface area contributed by atoms with Crippen LogP contribution >= 0.6 is 11.3 Å². The molecule has 10 nitrogen and oxygen atoms in total. The summed E-state index contributed by atoms with van der Waals surface area (Å²) in [7, 11) is 1.54. The predicted octanol–water partition coefficient (Wildman–Crippen LogP) is 3.08. The number of nitro groups is 1. The van der Waals surface area contributed by atoms with Gasteiger partial charge in [0.25, 0.3) is 11.6 Å². The molecule has 3 rings (SSSR count). The fourth-order valence-corrected chi connectivity index (χ4v) is 3.32. The summed E-state index contributed by atoms with van der Waals surface area (Å²) in [5.41, 5.74) is 1.12. The molecule has 11 heteroatoms. The Bertz CT molecular complexity index is 1140. The second kappa shape index (κ2) is 10.8. The number of hydrogen-bond acceptors (Lipinski definition) is 8. The zero-order valence-electron chi connectivity index (χ0n) is 17.0. The molecule has 0 aliphatic carbocycles. The van der Waals surface area contributed by atoms with Gasteiger partial charge in [-0.05, 0) is 42.0 Å². The van der Waals surface area contributed by atoms with Crippen molar-refractivity contribution in [2.24, 2.45) is 0 Å². The smallest absolute Gasteiger partial charge is 0.269 e. The second-order valence-corrected chi connectivity index (χ2v) is 7.47. The van der Waals surface area contributed by atoms with Gasteiger partial charge in [-0.2, -0.15) is 0 Å². The van der Waals surface area contributed by atoms with Crippen LogP contribution in [0.3, 0.4) is 0 Å². The summed E-state index contributed by atoms with van der Waals surface area (Å²) < 4.78 is 5.11. The van der Waals surface area contributed by atoms with Crippen LogP contribution in [-0.4, -0.2) is 40.6 Å². The molecule has 1 aromatic heterocycles. The first-order valence-corrected chi connectivity index (χ1v) is 10.2. The number of aromatic nitrogens is 2. The molecule has 0 saturated heterocycles. The monoisotopic (exact) mass is 453 g/mol. The maximum atomic E-state index is 12.2. The lowest BCUT2D eigenvalue weighted by Crippen LogP contribution is -2.25. The molecule has 0 fully saturated rings. The number of amides is 2. The Morgan fingerprint density at radius 2 is 1.97 bits per heavy atom. The summed E-state index contributed by atoms with van der Waals surface area (Å²) in [6.07, 6.45) is 3.30. The average Bonchev–Trinajstić information content (AvgIpc) is 3.24. The molecular formula is C21H19N5O5S. The summed E-state index contributed by atoms with van der Waals surface area (Å²) in [6, 6.07) is 12.7. The molecule has 32 heavy (non-hydrogen) atoms. The zero-order chi connectivity index (χ0) is 22.9. The number of rotatable bonds is 9. The van der Waals surface area contributed by atoms with Crippen molar-refractivity contribution < 1.29 is 19.2 Å². The van der Waals surface area contributed by atoms with Gasteiger partial charge in [-0.3, -0.25) is 25.0 Å². The first kappa shape index (κ1) is 22.6. The zero-order valence-corrected chi connectivity index (χ0v) is 17.8. The molecule has 0 aliphatic rings. The van der Waals surface area contributed by atoms with Gasteiger partial charge in [0.15, 0.2) is 0 Å². The maximum Gasteiger partial charge on any atom is 0.269 e. The van der Waals surface area contributed by atoms with Crippen molar-refractivity contribution in [2.45, 2.75) is 6.42 Å². The van der Waals surface area contributed by atoms with E-state index in [4.69, 9.17) is 4.74 Å². The van der Waals surface area contributed by atoms with Crippen LogP contribution in [0.2, 0.25) is 0 Å². The number of carbonyl (C=O) groups is 2. The number of non-ortho nitro benzene ring substituents is 1. The Labute approximate surface area is 187 Å². The van der Waals surface area contributed by atoms with Crippen LogP contribution in [0.25, 0.3) is 6.08 Å². The highest BCUT2D eigenvalue weighted by atomic mass is 32.1. The van der Waals surface area contributed by atoms with Crippen LogP contribution in [0.15, 0.2) is 54.6 Å². The Hall–Kier alpha value is -4.12. The lowest BCUT2D eigenvalue weighted by Gasteiger charge is -2.05. The second-order valence-electron chi connectivity index (χ2n) is 6.41. The van der Waals surface area contributed by atoms with Crippen molar-refractivity contribution in [3.8, 4) is 5.75 Å². The Kier molecular flexibility index (Phi) is 7.60. The molecule has 1 heterocycles. The quantitative estimate of drug-likeness (QED) is 0.289. The highest BCUT2D eigenvalue weighted by Crippen LogP contribution is 2.17. The van der Waals surface area contributed by atoms with Gasteiger partial charge < -0.3 is 10.1 Å². The van der Waals surface area contributed by atoms with Crippen molar-refractivity contribution in [1.29, 1.82) is 0 Å². The minimum Gasteiger partial charge on any atom is -0.497 e. The Morgan fingerprint density at radius 1 is 1.19 bits per heavy atom. The van der Waals surface area contributed by atoms with Gasteiger partial charge in [-0.1, -0.05) is 17.4 Å². The maximum absolute atomic E-state index is 12.2. The molecule has 0 radical (unpaired) electrons. The van der Waals surface area contributed by atoms with Gasteiger partial charge in [-0.25, -0.2) is 0 Å². The lowest BCUT2D eigenvalue weighted by molar-refractivity contribution is -0.384. The topological polar surface area (TPSA) is 136 Å². The standard InChI is InChI=1S/C21H19N5O5S/c1-31-17-4-2-3-15(13-17)20(28)22-12-11-19-24-25-21(32-19)23-18(27)10-7-14-5-8-16(9-6-14)26(29)30/h2-10,13H,11-12H2,1H3,(H,22,28)(H,23,25,27)/b10-7+. The van der Waals surface area contributed by atoms with Crippen molar-refractivity contribution in [3.63, 3.8) is 0 Å². The van der Waals surface area contributed by atoms with E-state index in [2.05, 4.69) is 20.8 Å². The number of nitrogens with zero attached hydrogens (tertiary/aromatic N) is 3. The largest absolute Gasteiger partial charge is 0.497 e. The van der Waals surface area contributed by atoms with E-state index in [9.17, 15) is 19.7 Å². The molecule has 0 saturated carbocycles.